The Morgan fingerprint density at radius 2 is 2.35 bits per heavy atom. The normalized spacial score (nSPS) is 23.2. The van der Waals surface area contributed by atoms with Gasteiger partial charge in [0, 0.05) is 30.8 Å². The van der Waals surface area contributed by atoms with E-state index in [-0.39, 0.29) is 11.7 Å². The van der Waals surface area contributed by atoms with Gasteiger partial charge in [-0.2, -0.15) is 0 Å². The van der Waals surface area contributed by atoms with Gasteiger partial charge in [0.2, 0.25) is 5.95 Å². The topological polar surface area (TPSA) is 101 Å². The molecule has 20 heavy (non-hydrogen) atoms. The van der Waals surface area contributed by atoms with Crippen LogP contribution >= 0.6 is 0 Å². The number of nitrogens with one attached hydrogen (secondary N) is 1. The molecule has 1 saturated heterocycles. The minimum atomic E-state index is -0.400. The number of hydrogen-bond donors (Lipinski definition) is 2. The first-order chi connectivity index (χ1) is 9.54. The average Bonchev–Trinajstić information content (AvgIpc) is 2.80. The maximum Gasteiger partial charge on any atom is 0.271 e. The lowest BCUT2D eigenvalue weighted by atomic mass is 10.00. The molecule has 2 unspecified atom stereocenters. The number of imidazole rings is 1. The summed E-state index contributed by atoms with van der Waals surface area (Å²) in [4.78, 5) is 20.3. The van der Waals surface area contributed by atoms with Gasteiger partial charge in [-0.15, -0.1) is 0 Å². The highest BCUT2D eigenvalue weighted by molar-refractivity contribution is 5.80. The quantitative estimate of drug-likeness (QED) is 0.642. The van der Waals surface area contributed by atoms with Crippen molar-refractivity contribution in [2.24, 2.45) is 5.73 Å². The molecule has 0 amide bonds. The Bertz CT molecular complexity index is 653. The van der Waals surface area contributed by atoms with Crippen LogP contribution in [-0.2, 0) is 0 Å². The van der Waals surface area contributed by atoms with Gasteiger partial charge in [0.25, 0.3) is 5.69 Å². The average molecular weight is 275 g/mol. The first-order valence-corrected chi connectivity index (χ1v) is 6.71. The maximum absolute atomic E-state index is 10.8. The summed E-state index contributed by atoms with van der Waals surface area (Å²) in [6.07, 6.45) is 1.86. The second-order valence-electron chi connectivity index (χ2n) is 5.35. The number of hydrogen-bond acceptors (Lipinski definition) is 5. The van der Waals surface area contributed by atoms with Gasteiger partial charge in [0.15, 0.2) is 0 Å². The van der Waals surface area contributed by atoms with Gasteiger partial charge in [-0.25, -0.2) is 4.98 Å². The molecule has 106 valence electrons. The fraction of sp³-hybridized carbons (Fsp3) is 0.462. The number of nitrogens with zero attached hydrogens (tertiary/aromatic N) is 3. The molecule has 1 aromatic heterocycles. The number of non-ortho nitro benzene ring substituents is 1. The highest BCUT2D eigenvalue weighted by atomic mass is 16.6. The van der Waals surface area contributed by atoms with E-state index >= 15 is 0 Å². The zero-order chi connectivity index (χ0) is 14.3. The SMILES string of the molecule is CC1CC(N)CCN1c1nc2ccc([N+](=O)[O-])cc2[nH]1. The summed E-state index contributed by atoms with van der Waals surface area (Å²) in [6.45, 7) is 2.97. The predicted octanol–water partition coefficient (Wildman–Crippen LogP) is 1.79. The van der Waals surface area contributed by atoms with Crippen LogP contribution in [0.5, 0.6) is 0 Å². The third-order valence-corrected chi connectivity index (χ3v) is 3.85. The van der Waals surface area contributed by atoms with Gasteiger partial charge in [-0.1, -0.05) is 0 Å². The van der Waals surface area contributed by atoms with Gasteiger partial charge in [-0.05, 0) is 25.8 Å². The number of nitro groups is 1. The van der Waals surface area contributed by atoms with Crippen molar-refractivity contribution in [3.8, 4) is 0 Å². The van der Waals surface area contributed by atoms with Crippen LogP contribution in [0.4, 0.5) is 11.6 Å². The van der Waals surface area contributed by atoms with E-state index < -0.39 is 4.92 Å². The first kappa shape index (κ1) is 12.9. The Balaban J connectivity index is 1.94. The van der Waals surface area contributed by atoms with E-state index in [1.165, 1.54) is 12.1 Å². The van der Waals surface area contributed by atoms with Crippen molar-refractivity contribution >= 4 is 22.7 Å². The third kappa shape index (κ3) is 2.20. The van der Waals surface area contributed by atoms with E-state index in [0.717, 1.165) is 30.9 Å². The predicted molar refractivity (Wildman–Crippen MR) is 76.8 cm³/mol. The standard InChI is InChI=1S/C13H17N5O2/c1-8-6-9(14)4-5-17(8)13-15-11-3-2-10(18(19)20)7-12(11)16-13/h2-3,7-9H,4-6,14H2,1H3,(H,15,16). The number of nitrogens with two attached hydrogens (primary N) is 1. The molecule has 1 aliphatic rings. The Labute approximate surface area is 115 Å². The minimum absolute atomic E-state index is 0.0708. The van der Waals surface area contributed by atoms with Crippen molar-refractivity contribution in [2.75, 3.05) is 11.4 Å². The Morgan fingerprint density at radius 1 is 1.55 bits per heavy atom. The highest BCUT2D eigenvalue weighted by Gasteiger charge is 2.25. The van der Waals surface area contributed by atoms with Gasteiger partial charge >= 0.3 is 0 Å². The summed E-state index contributed by atoms with van der Waals surface area (Å²) >= 11 is 0. The molecule has 7 heteroatoms. The van der Waals surface area contributed by atoms with Crippen molar-refractivity contribution in [1.82, 2.24) is 9.97 Å². The number of aromatic nitrogens is 2. The number of nitro benzene ring substituents is 1. The Hall–Kier alpha value is -2.15. The van der Waals surface area contributed by atoms with Crippen molar-refractivity contribution < 1.29 is 4.92 Å². The number of H-pyrrole nitrogens is 1. The zero-order valence-corrected chi connectivity index (χ0v) is 11.2. The van der Waals surface area contributed by atoms with Crippen molar-refractivity contribution in [1.29, 1.82) is 0 Å². The van der Waals surface area contributed by atoms with Crippen LogP contribution in [0.1, 0.15) is 19.8 Å². The highest BCUT2D eigenvalue weighted by Crippen LogP contribution is 2.26. The molecular weight excluding hydrogens is 258 g/mol. The summed E-state index contributed by atoms with van der Waals surface area (Å²) < 4.78 is 0. The van der Waals surface area contributed by atoms with Crippen molar-refractivity contribution in [3.63, 3.8) is 0 Å². The molecule has 2 heterocycles. The molecule has 1 aromatic carbocycles. The van der Waals surface area contributed by atoms with E-state index in [4.69, 9.17) is 5.73 Å². The lowest BCUT2D eigenvalue weighted by molar-refractivity contribution is -0.384. The Morgan fingerprint density at radius 3 is 3.05 bits per heavy atom. The summed E-state index contributed by atoms with van der Waals surface area (Å²) in [5.74, 6) is 0.764. The van der Waals surface area contributed by atoms with E-state index in [1.54, 1.807) is 6.07 Å². The minimum Gasteiger partial charge on any atom is -0.340 e. The molecule has 0 spiro atoms. The molecule has 2 aromatic rings. The molecule has 3 N–H and O–H groups in total. The van der Waals surface area contributed by atoms with Crippen LogP contribution in [0.3, 0.4) is 0 Å². The van der Waals surface area contributed by atoms with Crippen molar-refractivity contribution in [3.05, 3.63) is 28.3 Å². The van der Waals surface area contributed by atoms with E-state index in [0.29, 0.717) is 11.6 Å². The second-order valence-corrected chi connectivity index (χ2v) is 5.35. The van der Waals surface area contributed by atoms with Crippen LogP contribution in [0.15, 0.2) is 18.2 Å². The number of benzene rings is 1. The maximum atomic E-state index is 10.8. The van der Waals surface area contributed by atoms with Gasteiger partial charge in [0.05, 0.1) is 16.0 Å². The van der Waals surface area contributed by atoms with Gasteiger partial charge in [0.1, 0.15) is 0 Å². The van der Waals surface area contributed by atoms with Crippen molar-refractivity contribution in [2.45, 2.75) is 31.8 Å². The first-order valence-electron chi connectivity index (χ1n) is 6.71. The molecule has 3 rings (SSSR count). The monoisotopic (exact) mass is 275 g/mol. The molecule has 1 aliphatic heterocycles. The molecular formula is C13H17N5O2. The van der Waals surface area contributed by atoms with E-state index in [9.17, 15) is 10.1 Å². The fourth-order valence-electron chi connectivity index (χ4n) is 2.76. The second kappa shape index (κ2) is 4.75. The fourth-order valence-corrected chi connectivity index (χ4v) is 2.76. The summed E-state index contributed by atoms with van der Waals surface area (Å²) in [7, 11) is 0. The third-order valence-electron chi connectivity index (χ3n) is 3.85. The van der Waals surface area contributed by atoms with Crippen LogP contribution in [0.25, 0.3) is 11.0 Å². The number of piperidine rings is 1. The van der Waals surface area contributed by atoms with E-state index in [1.807, 2.05) is 0 Å². The molecule has 1 fully saturated rings. The summed E-state index contributed by atoms with van der Waals surface area (Å²) in [5.41, 5.74) is 7.47. The number of anilines is 1. The molecule has 2 atom stereocenters. The molecule has 0 aliphatic carbocycles. The number of aromatic amines is 1. The lowest BCUT2D eigenvalue weighted by Crippen LogP contribution is -2.46. The molecule has 0 saturated carbocycles. The number of rotatable bonds is 2. The Kier molecular flexibility index (Phi) is 3.06. The van der Waals surface area contributed by atoms with Crippen LogP contribution < -0.4 is 10.6 Å². The lowest BCUT2D eigenvalue weighted by Gasteiger charge is -2.36. The van der Waals surface area contributed by atoms with Gasteiger partial charge < -0.3 is 15.6 Å². The van der Waals surface area contributed by atoms with E-state index in [2.05, 4.69) is 21.8 Å². The van der Waals surface area contributed by atoms with Gasteiger partial charge in [-0.3, -0.25) is 10.1 Å². The van der Waals surface area contributed by atoms with Crippen LogP contribution in [-0.4, -0.2) is 33.5 Å². The molecule has 0 radical (unpaired) electrons. The smallest absolute Gasteiger partial charge is 0.271 e. The summed E-state index contributed by atoms with van der Waals surface area (Å²) in [6, 6.07) is 5.23. The molecule has 7 nitrogen and oxygen atoms in total. The van der Waals surface area contributed by atoms with Crippen LogP contribution in [0, 0.1) is 10.1 Å². The zero-order valence-electron chi connectivity index (χ0n) is 11.2. The largest absolute Gasteiger partial charge is 0.340 e. The number of fused-ring (bicyclic) bond motifs is 1. The van der Waals surface area contributed by atoms with Crippen LogP contribution in [0.2, 0.25) is 0 Å². The molecule has 0 bridgehead atoms. The summed E-state index contributed by atoms with van der Waals surface area (Å²) in [5, 5.41) is 10.8.